The maximum Gasteiger partial charge on any atom is 0.252 e. The number of aliphatic hydroxyl groups is 1. The van der Waals surface area contributed by atoms with Crippen molar-refractivity contribution in [3.63, 3.8) is 0 Å². The Kier molecular flexibility index (Phi) is 5.07. The molecule has 2 amide bonds. The molecule has 8 heteroatoms. The number of aromatic nitrogens is 1. The van der Waals surface area contributed by atoms with Gasteiger partial charge >= 0.3 is 0 Å². The molecule has 1 aliphatic heterocycles. The summed E-state index contributed by atoms with van der Waals surface area (Å²) in [6.45, 7) is 0.151. The Balaban J connectivity index is 1.75. The van der Waals surface area contributed by atoms with Crippen LogP contribution in [0.2, 0.25) is 0 Å². The number of para-hydroxylation sites is 1. The van der Waals surface area contributed by atoms with Crippen LogP contribution in [0.25, 0.3) is 10.9 Å². The molecule has 0 aliphatic carbocycles. The number of carbonyl (C=O) groups is 2. The van der Waals surface area contributed by atoms with Crippen molar-refractivity contribution in [2.75, 3.05) is 18.9 Å². The van der Waals surface area contributed by atoms with Gasteiger partial charge in [-0.3, -0.25) is 19.6 Å². The molecule has 124 valence electrons. The lowest BCUT2D eigenvalue weighted by Crippen LogP contribution is -2.49. The van der Waals surface area contributed by atoms with Crippen LogP contribution in [0.4, 0.5) is 0 Å². The number of rotatable bonds is 4. The van der Waals surface area contributed by atoms with E-state index >= 15 is 0 Å². The topological polar surface area (TPSA) is 104 Å². The van der Waals surface area contributed by atoms with Crippen molar-refractivity contribution in [2.45, 2.75) is 6.04 Å². The summed E-state index contributed by atoms with van der Waals surface area (Å²) in [6.07, 6.45) is 1.54. The highest BCUT2D eigenvalue weighted by molar-refractivity contribution is 8.14. The molecule has 0 bridgehead atoms. The van der Waals surface area contributed by atoms with Crippen molar-refractivity contribution < 1.29 is 14.7 Å². The predicted octanol–water partition coefficient (Wildman–Crippen LogP) is 0.545. The lowest BCUT2D eigenvalue weighted by atomic mass is 10.1. The molecule has 1 atom stereocenters. The van der Waals surface area contributed by atoms with Gasteiger partial charge in [-0.2, -0.15) is 0 Å². The third-order valence-corrected chi connectivity index (χ3v) is 4.40. The maximum atomic E-state index is 12.5. The molecule has 24 heavy (non-hydrogen) atoms. The number of aliphatic imine (C=N–C) groups is 1. The van der Waals surface area contributed by atoms with E-state index in [-0.39, 0.29) is 0 Å². The number of amides is 2. The summed E-state index contributed by atoms with van der Waals surface area (Å²) >= 11 is 1.43. The van der Waals surface area contributed by atoms with Gasteiger partial charge in [0.2, 0.25) is 0 Å². The number of amidine groups is 1. The Morgan fingerprint density at radius 1 is 1.29 bits per heavy atom. The highest BCUT2D eigenvalue weighted by Crippen LogP contribution is 2.16. The number of carbonyl (C=O) groups excluding carboxylic acids is 2. The normalized spacial score (nSPS) is 15.0. The fourth-order valence-corrected chi connectivity index (χ4v) is 3.06. The number of thioether (sulfide) groups is 1. The number of benzene rings is 1. The zero-order valence-electron chi connectivity index (χ0n) is 12.7. The Morgan fingerprint density at radius 3 is 2.88 bits per heavy atom. The third-order valence-electron chi connectivity index (χ3n) is 3.51. The Morgan fingerprint density at radius 2 is 2.12 bits per heavy atom. The van der Waals surface area contributed by atoms with E-state index < -0.39 is 24.5 Å². The van der Waals surface area contributed by atoms with Gasteiger partial charge in [0, 0.05) is 17.3 Å². The average Bonchev–Trinajstić information content (AvgIpc) is 3.11. The monoisotopic (exact) mass is 344 g/mol. The van der Waals surface area contributed by atoms with E-state index in [1.165, 1.54) is 18.0 Å². The minimum atomic E-state index is -1.05. The molecule has 2 heterocycles. The molecule has 0 saturated carbocycles. The van der Waals surface area contributed by atoms with E-state index in [2.05, 4.69) is 20.6 Å². The zero-order valence-corrected chi connectivity index (χ0v) is 13.5. The number of hydrogen-bond acceptors (Lipinski definition) is 6. The smallest absolute Gasteiger partial charge is 0.252 e. The first-order valence-corrected chi connectivity index (χ1v) is 8.41. The minimum absolute atomic E-state index is 0.402. The second kappa shape index (κ2) is 7.41. The van der Waals surface area contributed by atoms with Crippen LogP contribution in [0, 0.1) is 0 Å². The molecule has 1 aromatic heterocycles. The van der Waals surface area contributed by atoms with Crippen LogP contribution in [0.3, 0.4) is 0 Å². The summed E-state index contributed by atoms with van der Waals surface area (Å²) < 4.78 is 0. The highest BCUT2D eigenvalue weighted by Gasteiger charge is 2.23. The van der Waals surface area contributed by atoms with Crippen LogP contribution in [0.15, 0.2) is 41.5 Å². The van der Waals surface area contributed by atoms with E-state index in [9.17, 15) is 14.7 Å². The lowest BCUT2D eigenvalue weighted by Gasteiger charge is -2.16. The third kappa shape index (κ3) is 3.55. The number of aliphatic hydroxyl groups excluding tert-OH is 1. The zero-order chi connectivity index (χ0) is 16.9. The van der Waals surface area contributed by atoms with E-state index in [1.807, 2.05) is 12.1 Å². The molecular weight excluding hydrogens is 328 g/mol. The summed E-state index contributed by atoms with van der Waals surface area (Å²) in [7, 11) is 0. The maximum absolute atomic E-state index is 12.5. The van der Waals surface area contributed by atoms with Gasteiger partial charge in [-0.1, -0.05) is 30.0 Å². The first kappa shape index (κ1) is 16.4. The van der Waals surface area contributed by atoms with Crippen LogP contribution in [-0.2, 0) is 4.79 Å². The second-order valence-corrected chi connectivity index (χ2v) is 6.19. The molecule has 0 unspecified atom stereocenters. The molecular formula is C16H16N4O3S. The number of nitrogens with one attached hydrogen (secondary N) is 2. The molecule has 3 N–H and O–H groups in total. The molecule has 7 nitrogen and oxygen atoms in total. The quantitative estimate of drug-likeness (QED) is 0.751. The van der Waals surface area contributed by atoms with E-state index in [1.54, 1.807) is 18.2 Å². The van der Waals surface area contributed by atoms with Gasteiger partial charge < -0.3 is 15.7 Å². The first-order chi connectivity index (χ1) is 11.7. The van der Waals surface area contributed by atoms with Crippen molar-refractivity contribution in [3.05, 3.63) is 42.1 Å². The number of hydrogen-bond donors (Lipinski definition) is 3. The van der Waals surface area contributed by atoms with Crippen LogP contribution < -0.4 is 10.6 Å². The fraction of sp³-hybridized carbons (Fsp3) is 0.250. The highest BCUT2D eigenvalue weighted by atomic mass is 32.2. The Labute approximate surface area is 142 Å². The largest absolute Gasteiger partial charge is 0.394 e. The summed E-state index contributed by atoms with van der Waals surface area (Å²) in [5, 5.41) is 15.8. The van der Waals surface area contributed by atoms with Crippen molar-refractivity contribution in [3.8, 4) is 0 Å². The molecule has 0 radical (unpaired) electrons. The molecule has 2 aromatic rings. The van der Waals surface area contributed by atoms with Crippen molar-refractivity contribution in [1.29, 1.82) is 0 Å². The van der Waals surface area contributed by atoms with Crippen LogP contribution in [-0.4, -0.2) is 52.0 Å². The van der Waals surface area contributed by atoms with Gasteiger partial charge in [0.1, 0.15) is 6.04 Å². The van der Waals surface area contributed by atoms with E-state index in [0.29, 0.717) is 28.2 Å². The van der Waals surface area contributed by atoms with Crippen LogP contribution in [0.5, 0.6) is 0 Å². The Bertz CT molecular complexity index is 804. The second-order valence-electron chi connectivity index (χ2n) is 5.11. The van der Waals surface area contributed by atoms with Crippen molar-refractivity contribution >= 4 is 39.6 Å². The lowest BCUT2D eigenvalue weighted by molar-refractivity contribution is -0.122. The molecule has 1 aromatic carbocycles. The Hall–Kier alpha value is -2.45. The van der Waals surface area contributed by atoms with Gasteiger partial charge in [-0.05, 0) is 12.1 Å². The van der Waals surface area contributed by atoms with Gasteiger partial charge in [0.15, 0.2) is 5.17 Å². The molecule has 0 fully saturated rings. The molecule has 0 saturated heterocycles. The predicted molar refractivity (Wildman–Crippen MR) is 93.0 cm³/mol. The molecule has 3 rings (SSSR count). The minimum Gasteiger partial charge on any atom is -0.394 e. The van der Waals surface area contributed by atoms with Gasteiger partial charge in [-0.25, -0.2) is 0 Å². The standard InChI is InChI=1S/C16H16N4O3S/c21-9-13(15(23)20-16-18-7-8-24-16)19-14(22)11-5-6-17-12-4-2-1-3-10(11)12/h1-6,13,21H,7-9H2,(H,19,22)(H,18,20,23)/t13-/m0/s1. The van der Waals surface area contributed by atoms with Gasteiger partial charge in [0.05, 0.1) is 24.2 Å². The van der Waals surface area contributed by atoms with E-state index in [0.717, 1.165) is 5.75 Å². The fourth-order valence-electron chi connectivity index (χ4n) is 2.33. The van der Waals surface area contributed by atoms with Gasteiger partial charge in [-0.15, -0.1) is 0 Å². The van der Waals surface area contributed by atoms with Crippen molar-refractivity contribution in [2.24, 2.45) is 4.99 Å². The van der Waals surface area contributed by atoms with E-state index in [4.69, 9.17) is 0 Å². The summed E-state index contributed by atoms with van der Waals surface area (Å²) in [5.41, 5.74) is 1.09. The van der Waals surface area contributed by atoms with Crippen molar-refractivity contribution in [1.82, 2.24) is 15.6 Å². The van der Waals surface area contributed by atoms with Crippen LogP contribution >= 0.6 is 11.8 Å². The first-order valence-electron chi connectivity index (χ1n) is 7.42. The number of nitrogens with zero attached hydrogens (tertiary/aromatic N) is 2. The SMILES string of the molecule is O=C(N[C@@H](CO)C(=O)NC1=NCCS1)c1ccnc2ccccc12. The average molecular weight is 344 g/mol. The summed E-state index contributed by atoms with van der Waals surface area (Å²) in [6, 6.07) is 7.77. The molecule has 1 aliphatic rings. The summed E-state index contributed by atoms with van der Waals surface area (Å²) in [5.74, 6) is -0.115. The summed E-state index contributed by atoms with van der Waals surface area (Å²) in [4.78, 5) is 33.0. The number of fused-ring (bicyclic) bond motifs is 1. The van der Waals surface area contributed by atoms with Crippen LogP contribution in [0.1, 0.15) is 10.4 Å². The van der Waals surface area contributed by atoms with Gasteiger partial charge in [0.25, 0.3) is 11.8 Å². The number of pyridine rings is 1. The molecule has 0 spiro atoms.